The van der Waals surface area contributed by atoms with Crippen molar-refractivity contribution in [3.63, 3.8) is 0 Å². The van der Waals surface area contributed by atoms with E-state index < -0.39 is 11.7 Å². The summed E-state index contributed by atoms with van der Waals surface area (Å²) in [6, 6.07) is -0.342. The molecule has 0 aromatic carbocycles. The Morgan fingerprint density at radius 3 is 2.68 bits per heavy atom. The molecule has 3 unspecified atom stereocenters. The molecule has 3 aliphatic rings. The molecule has 3 fully saturated rings. The number of rotatable bonds is 2. The van der Waals surface area contributed by atoms with Gasteiger partial charge in [-0.05, 0) is 52.4 Å². The zero-order chi connectivity index (χ0) is 18.1. The van der Waals surface area contributed by atoms with Gasteiger partial charge in [0.05, 0.1) is 31.0 Å². The van der Waals surface area contributed by atoms with E-state index in [1.54, 1.807) is 4.90 Å². The number of nitrogens with zero attached hydrogens (tertiary/aromatic N) is 1. The molecule has 1 spiro atoms. The number of ether oxygens (including phenoxy) is 3. The zero-order valence-electron chi connectivity index (χ0n) is 15.8. The summed E-state index contributed by atoms with van der Waals surface area (Å²) in [5, 5.41) is 11.1. The van der Waals surface area contributed by atoms with Gasteiger partial charge in [-0.3, -0.25) is 4.90 Å². The average molecular weight is 355 g/mol. The lowest BCUT2D eigenvalue weighted by molar-refractivity contribution is -0.135. The number of aliphatic hydroxyl groups is 1. The predicted molar refractivity (Wildman–Crippen MR) is 93.4 cm³/mol. The summed E-state index contributed by atoms with van der Waals surface area (Å²) < 4.78 is 17.2. The predicted octanol–water partition coefficient (Wildman–Crippen LogP) is 2.72. The molecule has 1 N–H and O–H groups in total. The Bertz CT molecular complexity index is 469. The summed E-state index contributed by atoms with van der Waals surface area (Å²) in [6.07, 6.45) is 5.35. The van der Waals surface area contributed by atoms with Gasteiger partial charge in [-0.2, -0.15) is 0 Å². The van der Waals surface area contributed by atoms with E-state index in [9.17, 15) is 9.90 Å². The molecule has 6 nitrogen and oxygen atoms in total. The van der Waals surface area contributed by atoms with Crippen molar-refractivity contribution in [3.8, 4) is 0 Å². The lowest BCUT2D eigenvalue weighted by Gasteiger charge is -2.45. The van der Waals surface area contributed by atoms with Gasteiger partial charge in [-0.15, -0.1) is 0 Å². The van der Waals surface area contributed by atoms with E-state index in [0.29, 0.717) is 26.4 Å². The molecule has 25 heavy (non-hydrogen) atoms. The smallest absolute Gasteiger partial charge is 0.410 e. The summed E-state index contributed by atoms with van der Waals surface area (Å²) in [5.41, 5.74) is -0.590. The minimum absolute atomic E-state index is 0.0455. The van der Waals surface area contributed by atoms with Gasteiger partial charge in [0, 0.05) is 13.2 Å². The minimum atomic E-state index is -0.603. The quantitative estimate of drug-likeness (QED) is 0.825. The van der Waals surface area contributed by atoms with Crippen molar-refractivity contribution in [2.45, 2.75) is 82.6 Å². The summed E-state index contributed by atoms with van der Waals surface area (Å²) in [5.74, 6) is 0.142. The highest BCUT2D eigenvalue weighted by molar-refractivity contribution is 5.68. The number of morpholine rings is 1. The van der Waals surface area contributed by atoms with Crippen molar-refractivity contribution in [1.82, 2.24) is 4.90 Å². The van der Waals surface area contributed by atoms with Crippen LogP contribution in [0, 0.1) is 5.92 Å². The fraction of sp³-hybridized carbons (Fsp3) is 0.947. The Balaban J connectivity index is 1.67. The second-order valence-electron chi connectivity index (χ2n) is 8.80. The number of amides is 1. The van der Waals surface area contributed by atoms with Crippen molar-refractivity contribution < 1.29 is 24.1 Å². The molecule has 1 saturated carbocycles. The van der Waals surface area contributed by atoms with Crippen molar-refractivity contribution >= 4 is 6.09 Å². The largest absolute Gasteiger partial charge is 0.444 e. The third kappa shape index (κ3) is 4.47. The van der Waals surface area contributed by atoms with E-state index in [2.05, 4.69) is 0 Å². The summed E-state index contributed by atoms with van der Waals surface area (Å²) in [6.45, 7) is 7.59. The lowest BCUT2D eigenvalue weighted by atomic mass is 9.79. The van der Waals surface area contributed by atoms with Crippen LogP contribution in [-0.2, 0) is 14.2 Å². The second-order valence-corrected chi connectivity index (χ2v) is 8.80. The maximum Gasteiger partial charge on any atom is 0.410 e. The van der Waals surface area contributed by atoms with Gasteiger partial charge < -0.3 is 19.3 Å². The topological polar surface area (TPSA) is 68.2 Å². The molecular weight excluding hydrogens is 322 g/mol. The summed E-state index contributed by atoms with van der Waals surface area (Å²) >= 11 is 0. The molecule has 3 atom stereocenters. The van der Waals surface area contributed by atoms with E-state index >= 15 is 0 Å². The maximum absolute atomic E-state index is 12.6. The van der Waals surface area contributed by atoms with Crippen molar-refractivity contribution in [2.75, 3.05) is 26.4 Å². The molecule has 2 aliphatic heterocycles. The first-order valence-corrected chi connectivity index (χ1v) is 9.69. The van der Waals surface area contributed by atoms with Crippen LogP contribution in [0.3, 0.4) is 0 Å². The Kier molecular flexibility index (Phi) is 5.61. The first kappa shape index (κ1) is 18.9. The summed E-state index contributed by atoms with van der Waals surface area (Å²) in [7, 11) is 0. The van der Waals surface area contributed by atoms with Crippen LogP contribution in [0.5, 0.6) is 0 Å². The van der Waals surface area contributed by atoms with Gasteiger partial charge in [0.1, 0.15) is 5.60 Å². The van der Waals surface area contributed by atoms with Crippen molar-refractivity contribution in [3.05, 3.63) is 0 Å². The second kappa shape index (κ2) is 7.41. The van der Waals surface area contributed by atoms with Crippen LogP contribution in [0.2, 0.25) is 0 Å². The van der Waals surface area contributed by atoms with E-state index in [1.165, 1.54) is 12.8 Å². The zero-order valence-corrected chi connectivity index (χ0v) is 15.8. The van der Waals surface area contributed by atoms with Crippen LogP contribution in [0.4, 0.5) is 4.79 Å². The Morgan fingerprint density at radius 2 is 2.00 bits per heavy atom. The molecule has 0 aromatic heterocycles. The molecular formula is C19H33NO5. The van der Waals surface area contributed by atoms with Gasteiger partial charge in [-0.25, -0.2) is 4.79 Å². The van der Waals surface area contributed by atoms with E-state index in [0.717, 1.165) is 25.7 Å². The SMILES string of the molecule is CC(C)(C)OC(=O)N1CCOCC1C(O)C1CCOC2(CCCC2)C1. The van der Waals surface area contributed by atoms with E-state index in [4.69, 9.17) is 14.2 Å². The third-order valence-electron chi connectivity index (χ3n) is 5.72. The molecule has 144 valence electrons. The first-order valence-electron chi connectivity index (χ1n) is 9.69. The highest BCUT2D eigenvalue weighted by Gasteiger charge is 2.45. The highest BCUT2D eigenvalue weighted by Crippen LogP contribution is 2.43. The van der Waals surface area contributed by atoms with E-state index in [1.807, 2.05) is 20.8 Å². The Labute approximate surface area is 150 Å². The number of hydrogen-bond donors (Lipinski definition) is 1. The standard InChI is InChI=1S/C19H33NO5/c1-18(2,3)25-17(22)20-9-11-23-13-15(20)16(21)14-6-10-24-19(12-14)7-4-5-8-19/h14-16,21H,4-13H2,1-3H3. The molecule has 1 amide bonds. The van der Waals surface area contributed by atoms with Crippen LogP contribution in [0.15, 0.2) is 0 Å². The number of aliphatic hydroxyl groups excluding tert-OH is 1. The fourth-order valence-electron chi connectivity index (χ4n) is 4.49. The van der Waals surface area contributed by atoms with Crippen LogP contribution in [0.25, 0.3) is 0 Å². The molecule has 2 saturated heterocycles. The Morgan fingerprint density at radius 1 is 1.28 bits per heavy atom. The summed E-state index contributed by atoms with van der Waals surface area (Å²) in [4.78, 5) is 14.2. The van der Waals surface area contributed by atoms with Gasteiger partial charge in [0.2, 0.25) is 0 Å². The maximum atomic E-state index is 12.6. The normalized spacial score (nSPS) is 31.1. The van der Waals surface area contributed by atoms with Crippen molar-refractivity contribution in [1.29, 1.82) is 0 Å². The van der Waals surface area contributed by atoms with Crippen LogP contribution < -0.4 is 0 Å². The number of carbonyl (C=O) groups excluding carboxylic acids is 1. The molecule has 0 aromatic rings. The molecule has 1 aliphatic carbocycles. The molecule has 2 heterocycles. The molecule has 3 rings (SSSR count). The van der Waals surface area contributed by atoms with Crippen LogP contribution >= 0.6 is 0 Å². The van der Waals surface area contributed by atoms with Crippen LogP contribution in [0.1, 0.15) is 59.3 Å². The van der Waals surface area contributed by atoms with Gasteiger partial charge >= 0.3 is 6.09 Å². The molecule has 0 radical (unpaired) electrons. The van der Waals surface area contributed by atoms with Gasteiger partial charge in [-0.1, -0.05) is 12.8 Å². The lowest BCUT2D eigenvalue weighted by Crippen LogP contribution is -2.58. The monoisotopic (exact) mass is 355 g/mol. The minimum Gasteiger partial charge on any atom is -0.444 e. The van der Waals surface area contributed by atoms with Crippen molar-refractivity contribution in [2.24, 2.45) is 5.92 Å². The van der Waals surface area contributed by atoms with Crippen LogP contribution in [-0.4, -0.2) is 65.8 Å². The van der Waals surface area contributed by atoms with Gasteiger partial charge in [0.15, 0.2) is 0 Å². The average Bonchev–Trinajstić information content (AvgIpc) is 3.00. The number of carbonyl (C=O) groups is 1. The first-order chi connectivity index (χ1) is 11.8. The number of hydrogen-bond acceptors (Lipinski definition) is 5. The Hall–Kier alpha value is -0.850. The molecule has 0 bridgehead atoms. The third-order valence-corrected chi connectivity index (χ3v) is 5.72. The van der Waals surface area contributed by atoms with Gasteiger partial charge in [0.25, 0.3) is 0 Å². The fourth-order valence-corrected chi connectivity index (χ4v) is 4.49. The van der Waals surface area contributed by atoms with E-state index in [-0.39, 0.29) is 23.7 Å². The highest BCUT2D eigenvalue weighted by atomic mass is 16.6. The molecule has 6 heteroatoms.